The first-order valence-electron chi connectivity index (χ1n) is 7.65. The molecule has 0 saturated heterocycles. The number of ether oxygens (including phenoxy) is 1. The molecule has 0 aliphatic carbocycles. The van der Waals surface area contributed by atoms with Crippen molar-refractivity contribution in [2.24, 2.45) is 0 Å². The summed E-state index contributed by atoms with van der Waals surface area (Å²) in [7, 11) is 1.33. The number of amides is 1. The highest BCUT2D eigenvalue weighted by atomic mass is 16.5. The van der Waals surface area contributed by atoms with Crippen molar-refractivity contribution in [3.8, 4) is 6.07 Å². The topological polar surface area (TPSA) is 99.4 Å². The standard InChI is InChI=1S/C19H18N2O4/c1-25-18(23)10-13-2-6-15(7-3-13)17(22)12-21-19(24)16-8-4-14(11-20)5-9-16/h2-9,17,22H,10,12H2,1H3,(H,21,24). The number of aliphatic hydroxyl groups excluding tert-OH is 1. The Labute approximate surface area is 145 Å². The summed E-state index contributed by atoms with van der Waals surface area (Å²) in [5, 5.41) is 21.6. The van der Waals surface area contributed by atoms with Crippen molar-refractivity contribution >= 4 is 11.9 Å². The molecule has 6 nitrogen and oxygen atoms in total. The molecule has 0 spiro atoms. The van der Waals surface area contributed by atoms with Crippen molar-refractivity contribution in [1.29, 1.82) is 5.26 Å². The molecule has 0 saturated carbocycles. The van der Waals surface area contributed by atoms with E-state index in [0.29, 0.717) is 16.7 Å². The van der Waals surface area contributed by atoms with Gasteiger partial charge in [0.1, 0.15) is 0 Å². The Morgan fingerprint density at radius 3 is 2.36 bits per heavy atom. The van der Waals surface area contributed by atoms with Crippen molar-refractivity contribution in [3.63, 3.8) is 0 Å². The minimum absolute atomic E-state index is 0.0508. The molecular weight excluding hydrogens is 320 g/mol. The van der Waals surface area contributed by atoms with E-state index in [9.17, 15) is 14.7 Å². The molecule has 0 fully saturated rings. The van der Waals surface area contributed by atoms with Crippen LogP contribution in [0.2, 0.25) is 0 Å². The lowest BCUT2D eigenvalue weighted by atomic mass is 10.1. The van der Waals surface area contributed by atoms with Crippen molar-refractivity contribution in [1.82, 2.24) is 5.32 Å². The minimum Gasteiger partial charge on any atom is -0.469 e. The predicted octanol–water partition coefficient (Wildman–Crippen LogP) is 1.74. The maximum absolute atomic E-state index is 12.0. The fourth-order valence-electron chi connectivity index (χ4n) is 2.20. The average Bonchev–Trinajstić information content (AvgIpc) is 2.66. The van der Waals surface area contributed by atoms with Crippen LogP contribution in [-0.4, -0.2) is 30.6 Å². The molecule has 0 bridgehead atoms. The Kier molecular flexibility index (Phi) is 6.26. The smallest absolute Gasteiger partial charge is 0.309 e. The largest absolute Gasteiger partial charge is 0.469 e. The molecule has 2 N–H and O–H groups in total. The van der Waals surface area contributed by atoms with Crippen molar-refractivity contribution in [2.45, 2.75) is 12.5 Å². The molecule has 0 aliphatic heterocycles. The van der Waals surface area contributed by atoms with Crippen LogP contribution >= 0.6 is 0 Å². The van der Waals surface area contributed by atoms with E-state index >= 15 is 0 Å². The molecule has 1 atom stereocenters. The van der Waals surface area contributed by atoms with E-state index in [4.69, 9.17) is 5.26 Å². The zero-order chi connectivity index (χ0) is 18.2. The summed E-state index contributed by atoms with van der Waals surface area (Å²) in [6.45, 7) is 0.0508. The maximum atomic E-state index is 12.0. The number of rotatable bonds is 6. The van der Waals surface area contributed by atoms with Gasteiger partial charge in [0.05, 0.1) is 31.3 Å². The van der Waals surface area contributed by atoms with Gasteiger partial charge in [0.25, 0.3) is 5.91 Å². The number of aliphatic hydroxyl groups is 1. The zero-order valence-corrected chi connectivity index (χ0v) is 13.7. The lowest BCUT2D eigenvalue weighted by Gasteiger charge is -2.13. The van der Waals surface area contributed by atoms with Crippen LogP contribution in [0.15, 0.2) is 48.5 Å². The van der Waals surface area contributed by atoms with Gasteiger partial charge in [-0.05, 0) is 35.4 Å². The molecule has 0 heterocycles. The van der Waals surface area contributed by atoms with Gasteiger partial charge >= 0.3 is 5.97 Å². The average molecular weight is 338 g/mol. The van der Waals surface area contributed by atoms with Crippen LogP contribution in [0.5, 0.6) is 0 Å². The monoisotopic (exact) mass is 338 g/mol. The van der Waals surface area contributed by atoms with Crippen LogP contribution < -0.4 is 5.32 Å². The lowest BCUT2D eigenvalue weighted by Crippen LogP contribution is -2.28. The maximum Gasteiger partial charge on any atom is 0.309 e. The molecule has 2 aromatic rings. The van der Waals surface area contributed by atoms with Crippen molar-refractivity contribution in [2.75, 3.05) is 13.7 Å². The second kappa shape index (κ2) is 8.62. The number of carbonyl (C=O) groups excluding carboxylic acids is 2. The second-order valence-electron chi connectivity index (χ2n) is 5.41. The second-order valence-corrected chi connectivity index (χ2v) is 5.41. The quantitative estimate of drug-likeness (QED) is 0.782. The van der Waals surface area contributed by atoms with E-state index in [1.165, 1.54) is 7.11 Å². The summed E-state index contributed by atoms with van der Waals surface area (Å²) in [6, 6.07) is 15.1. The van der Waals surface area contributed by atoms with Gasteiger partial charge in [-0.2, -0.15) is 5.26 Å². The van der Waals surface area contributed by atoms with Crippen LogP contribution in [0.3, 0.4) is 0 Å². The predicted molar refractivity (Wildman–Crippen MR) is 90.6 cm³/mol. The molecule has 25 heavy (non-hydrogen) atoms. The summed E-state index contributed by atoms with van der Waals surface area (Å²) < 4.78 is 4.60. The third kappa shape index (κ3) is 5.16. The molecule has 1 unspecified atom stereocenters. The van der Waals surface area contributed by atoms with Gasteiger partial charge < -0.3 is 15.2 Å². The number of hydrogen-bond donors (Lipinski definition) is 2. The molecule has 2 rings (SSSR count). The number of carbonyl (C=O) groups is 2. The van der Waals surface area contributed by atoms with Crippen molar-refractivity contribution < 1.29 is 19.4 Å². The number of benzene rings is 2. The first-order chi connectivity index (χ1) is 12.0. The first-order valence-corrected chi connectivity index (χ1v) is 7.65. The van der Waals surface area contributed by atoms with Gasteiger partial charge in [0.15, 0.2) is 0 Å². The summed E-state index contributed by atoms with van der Waals surface area (Å²) in [5.41, 5.74) is 2.31. The van der Waals surface area contributed by atoms with Crippen molar-refractivity contribution in [3.05, 3.63) is 70.8 Å². The number of nitrogens with one attached hydrogen (secondary N) is 1. The Morgan fingerprint density at radius 2 is 1.80 bits per heavy atom. The number of nitriles is 1. The summed E-state index contributed by atoms with van der Waals surface area (Å²) in [6.07, 6.45) is -0.697. The van der Waals surface area contributed by atoms with Crippen LogP contribution in [-0.2, 0) is 16.0 Å². The van der Waals surface area contributed by atoms with Gasteiger partial charge in [-0.1, -0.05) is 24.3 Å². The van der Waals surface area contributed by atoms with E-state index in [0.717, 1.165) is 5.56 Å². The Balaban J connectivity index is 1.90. The van der Waals surface area contributed by atoms with Gasteiger partial charge in [-0.3, -0.25) is 9.59 Å². The molecule has 2 aromatic carbocycles. The Bertz CT molecular complexity index is 777. The molecular formula is C19H18N2O4. The van der Waals surface area contributed by atoms with E-state index in [1.807, 2.05) is 6.07 Å². The summed E-state index contributed by atoms with van der Waals surface area (Å²) in [5.74, 6) is -0.658. The van der Waals surface area contributed by atoms with Gasteiger partial charge in [0.2, 0.25) is 0 Å². The Hall–Kier alpha value is -3.17. The van der Waals surface area contributed by atoms with Gasteiger partial charge in [-0.25, -0.2) is 0 Å². The first kappa shape index (κ1) is 18.2. The number of esters is 1. The third-order valence-electron chi connectivity index (χ3n) is 3.67. The molecule has 6 heteroatoms. The highest BCUT2D eigenvalue weighted by Gasteiger charge is 2.11. The summed E-state index contributed by atoms with van der Waals surface area (Å²) in [4.78, 5) is 23.2. The molecule has 0 radical (unpaired) electrons. The van der Waals surface area contributed by atoms with E-state index < -0.39 is 6.10 Å². The molecule has 128 valence electrons. The van der Waals surface area contributed by atoms with Crippen LogP contribution in [0.4, 0.5) is 0 Å². The zero-order valence-electron chi connectivity index (χ0n) is 13.7. The van der Waals surface area contributed by atoms with E-state index in [1.54, 1.807) is 48.5 Å². The number of hydrogen-bond acceptors (Lipinski definition) is 5. The number of methoxy groups -OCH3 is 1. The van der Waals surface area contributed by atoms with Gasteiger partial charge in [-0.15, -0.1) is 0 Å². The number of nitrogens with zero attached hydrogens (tertiary/aromatic N) is 1. The molecule has 1 amide bonds. The summed E-state index contributed by atoms with van der Waals surface area (Å²) >= 11 is 0. The minimum atomic E-state index is -0.866. The van der Waals surface area contributed by atoms with Gasteiger partial charge in [0, 0.05) is 12.1 Å². The SMILES string of the molecule is COC(=O)Cc1ccc(C(O)CNC(=O)c2ccc(C#N)cc2)cc1. The van der Waals surface area contributed by atoms with E-state index in [2.05, 4.69) is 10.1 Å². The van der Waals surface area contributed by atoms with Crippen LogP contribution in [0.25, 0.3) is 0 Å². The normalized spacial score (nSPS) is 11.2. The molecule has 0 aliphatic rings. The van der Waals surface area contributed by atoms with E-state index in [-0.39, 0.29) is 24.8 Å². The highest BCUT2D eigenvalue weighted by Crippen LogP contribution is 2.14. The highest BCUT2D eigenvalue weighted by molar-refractivity contribution is 5.94. The Morgan fingerprint density at radius 1 is 1.16 bits per heavy atom. The molecule has 0 aromatic heterocycles. The fourth-order valence-corrected chi connectivity index (χ4v) is 2.20. The fraction of sp³-hybridized carbons (Fsp3) is 0.211. The van der Waals surface area contributed by atoms with Crippen LogP contribution in [0, 0.1) is 11.3 Å². The lowest BCUT2D eigenvalue weighted by molar-refractivity contribution is -0.139. The van der Waals surface area contributed by atoms with Crippen LogP contribution in [0.1, 0.15) is 33.2 Å². The third-order valence-corrected chi connectivity index (χ3v) is 3.67.